The van der Waals surface area contributed by atoms with Gasteiger partial charge in [0, 0.05) is 37.4 Å². The predicted octanol–water partition coefficient (Wildman–Crippen LogP) is 3.76. The Morgan fingerprint density at radius 1 is 1.18 bits per heavy atom. The minimum absolute atomic E-state index is 0.0322. The summed E-state index contributed by atoms with van der Waals surface area (Å²) in [5.41, 5.74) is 1.20. The van der Waals surface area contributed by atoms with E-state index in [1.807, 2.05) is 0 Å². The van der Waals surface area contributed by atoms with Crippen LogP contribution in [0.25, 0.3) is 5.65 Å². The van der Waals surface area contributed by atoms with Gasteiger partial charge in [0.2, 0.25) is 0 Å². The number of ether oxygens (including phenoxy) is 1. The van der Waals surface area contributed by atoms with Crippen molar-refractivity contribution in [3.05, 3.63) is 53.9 Å². The average Bonchev–Trinajstić information content (AvgIpc) is 3.39. The second-order valence-electron chi connectivity index (χ2n) is 8.26. The highest BCUT2D eigenvalue weighted by Gasteiger charge is 2.36. The van der Waals surface area contributed by atoms with E-state index in [0.717, 1.165) is 31.0 Å². The van der Waals surface area contributed by atoms with Crippen LogP contribution >= 0.6 is 12.2 Å². The number of aromatic nitrogens is 3. The number of anilines is 2. The molecule has 0 amide bonds. The molecule has 2 N–H and O–H groups in total. The van der Waals surface area contributed by atoms with Gasteiger partial charge in [0.25, 0.3) is 0 Å². The number of thiocarbonyl (C=S) groups is 1. The molecule has 0 unspecified atom stereocenters. The molecule has 1 aromatic carbocycles. The van der Waals surface area contributed by atoms with Crippen molar-refractivity contribution in [2.24, 2.45) is 0 Å². The molecule has 33 heavy (non-hydrogen) atoms. The molecule has 0 radical (unpaired) electrons. The second-order valence-corrected chi connectivity index (χ2v) is 8.67. The van der Waals surface area contributed by atoms with Crippen LogP contribution in [0.2, 0.25) is 0 Å². The highest BCUT2D eigenvalue weighted by atomic mass is 32.1. The van der Waals surface area contributed by atoms with Gasteiger partial charge >= 0.3 is 0 Å². The van der Waals surface area contributed by atoms with Crippen LogP contribution in [0, 0.1) is 11.6 Å². The van der Waals surface area contributed by atoms with Crippen molar-refractivity contribution in [3.8, 4) is 0 Å². The third-order valence-corrected chi connectivity index (χ3v) is 6.24. The molecule has 5 rings (SSSR count). The Labute approximate surface area is 193 Å². The Morgan fingerprint density at radius 2 is 2.00 bits per heavy atom. The van der Waals surface area contributed by atoms with Crippen LogP contribution in [0.1, 0.15) is 30.9 Å². The number of rotatable bonds is 4. The SMILES string of the molecule is Fc1ccc(F)c([C@H]2C[C@H](F)CN2c2ccn3ncc(NC(=S)NC4CCOCC4)c3n2)c1. The summed E-state index contributed by atoms with van der Waals surface area (Å²) in [5, 5.41) is 11.1. The highest BCUT2D eigenvalue weighted by molar-refractivity contribution is 7.80. The van der Waals surface area contributed by atoms with Gasteiger partial charge in [0.15, 0.2) is 10.8 Å². The standard InChI is InChI=1S/C22H23F3N6OS/c23-13-1-2-17(25)16(9-13)19-10-14(24)12-30(19)20-3-6-31-21(29-20)18(11-26-31)28-22(33)27-15-4-7-32-8-5-15/h1-3,6,9,11,14-15,19H,4-5,7-8,10,12H2,(H2,27,28,33)/t14-,19+/m0/s1. The molecule has 2 aliphatic rings. The summed E-state index contributed by atoms with van der Waals surface area (Å²) in [4.78, 5) is 6.32. The molecule has 0 bridgehead atoms. The van der Waals surface area contributed by atoms with E-state index in [-0.39, 0.29) is 24.6 Å². The molecular weight excluding hydrogens is 453 g/mol. The van der Waals surface area contributed by atoms with Crippen molar-refractivity contribution in [2.45, 2.75) is 37.5 Å². The third kappa shape index (κ3) is 4.60. The number of nitrogens with zero attached hydrogens (tertiary/aromatic N) is 4. The molecule has 7 nitrogen and oxygen atoms in total. The quantitative estimate of drug-likeness (QED) is 0.556. The molecule has 4 heterocycles. The van der Waals surface area contributed by atoms with Crippen molar-refractivity contribution in [3.63, 3.8) is 0 Å². The predicted molar refractivity (Wildman–Crippen MR) is 122 cm³/mol. The first kappa shape index (κ1) is 21.9. The van der Waals surface area contributed by atoms with Gasteiger partial charge in [-0.15, -0.1) is 0 Å². The molecule has 2 aromatic heterocycles. The Hall–Kier alpha value is -2.92. The van der Waals surface area contributed by atoms with Crippen molar-refractivity contribution >= 4 is 34.5 Å². The molecule has 11 heteroatoms. The number of hydrogen-bond acceptors (Lipinski definition) is 5. The van der Waals surface area contributed by atoms with E-state index >= 15 is 0 Å². The molecule has 0 spiro atoms. The van der Waals surface area contributed by atoms with Crippen molar-refractivity contribution < 1.29 is 17.9 Å². The number of nitrogens with one attached hydrogen (secondary N) is 2. The van der Waals surface area contributed by atoms with Crippen LogP contribution in [0.4, 0.5) is 24.7 Å². The Balaban J connectivity index is 1.40. The highest BCUT2D eigenvalue weighted by Crippen LogP contribution is 2.38. The molecule has 2 aliphatic heterocycles. The van der Waals surface area contributed by atoms with Crippen LogP contribution in [-0.2, 0) is 4.74 Å². The van der Waals surface area contributed by atoms with Crippen LogP contribution in [0.5, 0.6) is 0 Å². The fourth-order valence-corrected chi connectivity index (χ4v) is 4.67. The van der Waals surface area contributed by atoms with Gasteiger partial charge in [-0.05, 0) is 49.3 Å². The van der Waals surface area contributed by atoms with E-state index in [2.05, 4.69) is 20.7 Å². The lowest BCUT2D eigenvalue weighted by Gasteiger charge is -2.26. The third-order valence-electron chi connectivity index (χ3n) is 6.02. The van der Waals surface area contributed by atoms with E-state index in [1.54, 1.807) is 27.9 Å². The average molecular weight is 477 g/mol. The monoisotopic (exact) mass is 476 g/mol. The zero-order valence-electron chi connectivity index (χ0n) is 17.7. The van der Waals surface area contributed by atoms with E-state index in [0.29, 0.717) is 35.5 Å². The summed E-state index contributed by atoms with van der Waals surface area (Å²) in [6.45, 7) is 1.42. The summed E-state index contributed by atoms with van der Waals surface area (Å²) in [5.74, 6) is -0.689. The van der Waals surface area contributed by atoms with Gasteiger partial charge in [-0.1, -0.05) is 0 Å². The fourth-order valence-electron chi connectivity index (χ4n) is 4.40. The lowest BCUT2D eigenvalue weighted by atomic mass is 10.0. The summed E-state index contributed by atoms with van der Waals surface area (Å²) in [7, 11) is 0. The lowest BCUT2D eigenvalue weighted by molar-refractivity contribution is 0.0826. The largest absolute Gasteiger partial charge is 0.381 e. The Morgan fingerprint density at radius 3 is 2.82 bits per heavy atom. The van der Waals surface area contributed by atoms with Crippen LogP contribution in [0.15, 0.2) is 36.7 Å². The molecule has 2 saturated heterocycles. The van der Waals surface area contributed by atoms with Crippen molar-refractivity contribution in [2.75, 3.05) is 30.0 Å². The lowest BCUT2D eigenvalue weighted by Crippen LogP contribution is -2.41. The minimum Gasteiger partial charge on any atom is -0.381 e. The van der Waals surface area contributed by atoms with Gasteiger partial charge in [0.1, 0.15) is 29.3 Å². The summed E-state index contributed by atoms with van der Waals surface area (Å²) in [6.07, 6.45) is 3.91. The van der Waals surface area contributed by atoms with Crippen molar-refractivity contribution in [1.82, 2.24) is 19.9 Å². The molecule has 0 aliphatic carbocycles. The number of benzene rings is 1. The van der Waals surface area contributed by atoms with E-state index in [4.69, 9.17) is 17.0 Å². The maximum Gasteiger partial charge on any atom is 0.180 e. The zero-order valence-corrected chi connectivity index (χ0v) is 18.5. The zero-order chi connectivity index (χ0) is 22.9. The Kier molecular flexibility index (Phi) is 6.07. The number of hydrogen-bond donors (Lipinski definition) is 2. The number of halogens is 3. The minimum atomic E-state index is -1.19. The van der Waals surface area contributed by atoms with Crippen LogP contribution in [0.3, 0.4) is 0 Å². The van der Waals surface area contributed by atoms with Crippen molar-refractivity contribution in [1.29, 1.82) is 0 Å². The summed E-state index contributed by atoms with van der Waals surface area (Å²) in [6, 6.07) is 4.49. The summed E-state index contributed by atoms with van der Waals surface area (Å²) < 4.78 is 49.6. The molecule has 3 aromatic rings. The number of fused-ring (bicyclic) bond motifs is 1. The van der Waals surface area contributed by atoms with Gasteiger partial charge in [-0.25, -0.2) is 22.7 Å². The van der Waals surface area contributed by atoms with Gasteiger partial charge in [-0.3, -0.25) is 0 Å². The van der Waals surface area contributed by atoms with E-state index in [1.165, 1.54) is 0 Å². The molecule has 2 atom stereocenters. The second kappa shape index (κ2) is 9.14. The topological polar surface area (TPSA) is 66.7 Å². The normalized spacial score (nSPS) is 21.5. The van der Waals surface area contributed by atoms with Gasteiger partial charge in [0.05, 0.1) is 18.8 Å². The van der Waals surface area contributed by atoms with Gasteiger partial charge in [-0.2, -0.15) is 5.10 Å². The van der Waals surface area contributed by atoms with Crippen LogP contribution in [-0.4, -0.2) is 51.7 Å². The molecular formula is C22H23F3N6OS. The first-order chi connectivity index (χ1) is 16.0. The molecule has 2 fully saturated rings. The fraction of sp³-hybridized carbons (Fsp3) is 0.409. The van der Waals surface area contributed by atoms with E-state index in [9.17, 15) is 13.2 Å². The summed E-state index contributed by atoms with van der Waals surface area (Å²) >= 11 is 5.45. The smallest absolute Gasteiger partial charge is 0.180 e. The molecule has 174 valence electrons. The van der Waals surface area contributed by atoms with Crippen LogP contribution < -0.4 is 15.5 Å². The maximum atomic E-state index is 14.5. The van der Waals surface area contributed by atoms with Gasteiger partial charge < -0.3 is 20.3 Å². The Bertz CT molecular complexity index is 1170. The number of alkyl halides is 1. The molecule has 0 saturated carbocycles. The van der Waals surface area contributed by atoms with E-state index < -0.39 is 23.8 Å². The maximum absolute atomic E-state index is 14.5. The first-order valence-electron chi connectivity index (χ1n) is 10.8. The first-order valence-corrected chi connectivity index (χ1v) is 11.2.